The number of nitrogens with one attached hydrogen (secondary N) is 1. The summed E-state index contributed by atoms with van der Waals surface area (Å²) in [4.78, 5) is 12.1. The van der Waals surface area contributed by atoms with E-state index in [-0.39, 0.29) is 11.9 Å². The Morgan fingerprint density at radius 1 is 1.29 bits per heavy atom. The van der Waals surface area contributed by atoms with Crippen LogP contribution in [-0.4, -0.2) is 26.9 Å². The summed E-state index contributed by atoms with van der Waals surface area (Å²) < 4.78 is 1.74. The highest BCUT2D eigenvalue weighted by Gasteiger charge is 2.20. The molecule has 21 heavy (non-hydrogen) atoms. The summed E-state index contributed by atoms with van der Waals surface area (Å²) in [5, 5.41) is 11.1. The van der Waals surface area contributed by atoms with Crippen LogP contribution >= 0.6 is 0 Å². The fourth-order valence-electron chi connectivity index (χ4n) is 2.78. The molecule has 1 amide bonds. The Bertz CT molecular complexity index is 602. The molecule has 1 atom stereocenters. The summed E-state index contributed by atoms with van der Waals surface area (Å²) in [6, 6.07) is 10.4. The van der Waals surface area contributed by atoms with Gasteiger partial charge in [0.15, 0.2) is 5.69 Å². The van der Waals surface area contributed by atoms with Crippen LogP contribution in [0.4, 0.5) is 0 Å². The standard InChI is InChI=1S/C16H20N4O/c1-12(13-7-3-2-4-8-13)20-11-15(18-19-20)16(21)17-14-9-5-6-10-14/h2-4,7-8,11-12,14H,5-6,9-10H2,1H3,(H,17,21). The Hall–Kier alpha value is -2.17. The number of hydrogen-bond donors (Lipinski definition) is 1. The Morgan fingerprint density at radius 2 is 2.00 bits per heavy atom. The molecule has 1 aromatic heterocycles. The zero-order valence-electron chi connectivity index (χ0n) is 12.2. The minimum atomic E-state index is -0.117. The average Bonchev–Trinajstić information content (AvgIpc) is 3.18. The second-order valence-corrected chi connectivity index (χ2v) is 5.63. The summed E-state index contributed by atoms with van der Waals surface area (Å²) in [6.07, 6.45) is 6.26. The van der Waals surface area contributed by atoms with E-state index in [9.17, 15) is 4.79 Å². The largest absolute Gasteiger partial charge is 0.348 e. The van der Waals surface area contributed by atoms with Crippen molar-refractivity contribution in [1.29, 1.82) is 0 Å². The third-order valence-electron chi connectivity index (χ3n) is 4.11. The zero-order valence-corrected chi connectivity index (χ0v) is 12.2. The van der Waals surface area contributed by atoms with Gasteiger partial charge in [0, 0.05) is 6.04 Å². The van der Waals surface area contributed by atoms with Crippen molar-refractivity contribution in [2.24, 2.45) is 0 Å². The summed E-state index contributed by atoms with van der Waals surface area (Å²) >= 11 is 0. The van der Waals surface area contributed by atoms with Crippen LogP contribution in [0.15, 0.2) is 36.5 Å². The third kappa shape index (κ3) is 3.12. The Labute approximate surface area is 124 Å². The van der Waals surface area contributed by atoms with E-state index in [1.807, 2.05) is 37.3 Å². The molecule has 1 aliphatic rings. The highest BCUT2D eigenvalue weighted by Crippen LogP contribution is 2.19. The lowest BCUT2D eigenvalue weighted by atomic mass is 10.1. The molecule has 5 nitrogen and oxygen atoms in total. The molecule has 1 N–H and O–H groups in total. The van der Waals surface area contributed by atoms with Gasteiger partial charge in [-0.2, -0.15) is 0 Å². The second-order valence-electron chi connectivity index (χ2n) is 5.63. The van der Waals surface area contributed by atoms with Crippen molar-refractivity contribution < 1.29 is 4.79 Å². The molecule has 1 saturated carbocycles. The van der Waals surface area contributed by atoms with Gasteiger partial charge in [0.05, 0.1) is 12.2 Å². The van der Waals surface area contributed by atoms with E-state index >= 15 is 0 Å². The average molecular weight is 284 g/mol. The lowest BCUT2D eigenvalue weighted by Crippen LogP contribution is -2.32. The van der Waals surface area contributed by atoms with E-state index in [1.165, 1.54) is 12.8 Å². The second kappa shape index (κ2) is 6.08. The quantitative estimate of drug-likeness (QED) is 0.938. The summed E-state index contributed by atoms with van der Waals surface area (Å²) in [6.45, 7) is 2.04. The predicted molar refractivity (Wildman–Crippen MR) is 80.0 cm³/mol. The van der Waals surface area contributed by atoms with Crippen molar-refractivity contribution >= 4 is 5.91 Å². The van der Waals surface area contributed by atoms with Crippen molar-refractivity contribution in [3.05, 3.63) is 47.8 Å². The van der Waals surface area contributed by atoms with E-state index in [0.29, 0.717) is 11.7 Å². The molecule has 0 bridgehead atoms. The fourth-order valence-corrected chi connectivity index (χ4v) is 2.78. The molecule has 1 aromatic carbocycles. The van der Waals surface area contributed by atoms with Crippen molar-refractivity contribution in [3.8, 4) is 0 Å². The first-order chi connectivity index (χ1) is 10.2. The van der Waals surface area contributed by atoms with Crippen LogP contribution in [-0.2, 0) is 0 Å². The van der Waals surface area contributed by atoms with Gasteiger partial charge < -0.3 is 5.32 Å². The zero-order chi connectivity index (χ0) is 14.7. The van der Waals surface area contributed by atoms with E-state index in [2.05, 4.69) is 15.6 Å². The van der Waals surface area contributed by atoms with Gasteiger partial charge in [-0.05, 0) is 25.3 Å². The molecule has 0 spiro atoms. The fraction of sp³-hybridized carbons (Fsp3) is 0.438. The van der Waals surface area contributed by atoms with Gasteiger partial charge in [0.25, 0.3) is 5.91 Å². The minimum absolute atomic E-state index is 0.0618. The topological polar surface area (TPSA) is 59.8 Å². The van der Waals surface area contributed by atoms with Crippen molar-refractivity contribution in [2.45, 2.75) is 44.7 Å². The number of aromatic nitrogens is 3. The van der Waals surface area contributed by atoms with Crippen molar-refractivity contribution in [3.63, 3.8) is 0 Å². The highest BCUT2D eigenvalue weighted by molar-refractivity contribution is 5.92. The molecule has 0 radical (unpaired) electrons. The monoisotopic (exact) mass is 284 g/mol. The summed E-state index contributed by atoms with van der Waals surface area (Å²) in [7, 11) is 0. The maximum Gasteiger partial charge on any atom is 0.273 e. The van der Waals surface area contributed by atoms with E-state index in [4.69, 9.17) is 0 Å². The van der Waals surface area contributed by atoms with Crippen LogP contribution in [0.1, 0.15) is 54.7 Å². The van der Waals surface area contributed by atoms with E-state index in [0.717, 1.165) is 18.4 Å². The molecular weight excluding hydrogens is 264 g/mol. The maximum atomic E-state index is 12.1. The molecule has 2 aromatic rings. The van der Waals surface area contributed by atoms with Gasteiger partial charge in [-0.1, -0.05) is 48.4 Å². The Balaban J connectivity index is 1.69. The number of rotatable bonds is 4. The van der Waals surface area contributed by atoms with Gasteiger partial charge in [0.2, 0.25) is 0 Å². The van der Waals surface area contributed by atoms with Gasteiger partial charge in [-0.3, -0.25) is 4.79 Å². The maximum absolute atomic E-state index is 12.1. The number of benzene rings is 1. The summed E-state index contributed by atoms with van der Waals surface area (Å²) in [5.74, 6) is -0.117. The smallest absolute Gasteiger partial charge is 0.273 e. The Morgan fingerprint density at radius 3 is 2.71 bits per heavy atom. The van der Waals surface area contributed by atoms with Crippen LogP contribution < -0.4 is 5.32 Å². The number of amides is 1. The molecule has 0 aliphatic heterocycles. The first-order valence-corrected chi connectivity index (χ1v) is 7.51. The molecular formula is C16H20N4O. The normalized spacial score (nSPS) is 16.8. The number of carbonyl (C=O) groups is 1. The van der Waals surface area contributed by atoms with Gasteiger partial charge in [-0.15, -0.1) is 5.10 Å². The molecule has 1 fully saturated rings. The molecule has 3 rings (SSSR count). The van der Waals surface area contributed by atoms with Crippen molar-refractivity contribution in [1.82, 2.24) is 20.3 Å². The Kier molecular flexibility index (Phi) is 3.99. The van der Waals surface area contributed by atoms with Crippen LogP contribution in [0.5, 0.6) is 0 Å². The molecule has 1 unspecified atom stereocenters. The molecule has 1 aliphatic carbocycles. The van der Waals surface area contributed by atoms with Crippen LogP contribution in [0.25, 0.3) is 0 Å². The third-order valence-corrected chi connectivity index (χ3v) is 4.11. The van der Waals surface area contributed by atoms with Gasteiger partial charge in [0.1, 0.15) is 0 Å². The molecule has 110 valence electrons. The van der Waals surface area contributed by atoms with Crippen LogP contribution in [0.3, 0.4) is 0 Å². The van der Waals surface area contributed by atoms with E-state index < -0.39 is 0 Å². The van der Waals surface area contributed by atoms with Gasteiger partial charge in [-0.25, -0.2) is 4.68 Å². The summed E-state index contributed by atoms with van der Waals surface area (Å²) in [5.41, 5.74) is 1.54. The lowest BCUT2D eigenvalue weighted by Gasteiger charge is -2.11. The number of nitrogens with zero attached hydrogens (tertiary/aromatic N) is 3. The number of hydrogen-bond acceptors (Lipinski definition) is 3. The van der Waals surface area contributed by atoms with Gasteiger partial charge >= 0.3 is 0 Å². The lowest BCUT2D eigenvalue weighted by molar-refractivity contribution is 0.0932. The van der Waals surface area contributed by atoms with E-state index in [1.54, 1.807) is 10.9 Å². The van der Waals surface area contributed by atoms with Crippen LogP contribution in [0, 0.1) is 0 Å². The number of carbonyl (C=O) groups excluding carboxylic acids is 1. The first kappa shape index (κ1) is 13.8. The molecule has 0 saturated heterocycles. The highest BCUT2D eigenvalue weighted by atomic mass is 16.2. The minimum Gasteiger partial charge on any atom is -0.348 e. The first-order valence-electron chi connectivity index (χ1n) is 7.51. The SMILES string of the molecule is CC(c1ccccc1)n1cc(C(=O)NC2CCCC2)nn1. The predicted octanol–water partition coefficient (Wildman–Crippen LogP) is 2.56. The van der Waals surface area contributed by atoms with Crippen molar-refractivity contribution in [2.75, 3.05) is 0 Å². The van der Waals surface area contributed by atoms with Crippen LogP contribution in [0.2, 0.25) is 0 Å². The molecule has 5 heteroatoms. The molecule has 1 heterocycles.